The van der Waals surface area contributed by atoms with Crippen LogP contribution in [-0.2, 0) is 0 Å². The molecule has 0 amide bonds. The molecule has 0 saturated heterocycles. The van der Waals surface area contributed by atoms with E-state index in [9.17, 15) is 13.2 Å². The van der Waals surface area contributed by atoms with E-state index in [1.165, 1.54) is 0 Å². The molecule has 0 spiro atoms. The van der Waals surface area contributed by atoms with E-state index < -0.39 is 23.1 Å². The van der Waals surface area contributed by atoms with Crippen LogP contribution in [0.3, 0.4) is 0 Å². The smallest absolute Gasteiger partial charge is 0.190 e. The number of anilines is 1. The first-order valence-electron chi connectivity index (χ1n) is 8.30. The van der Waals surface area contributed by atoms with Crippen molar-refractivity contribution in [2.75, 3.05) is 19.0 Å². The van der Waals surface area contributed by atoms with Gasteiger partial charge in [0.1, 0.15) is 0 Å². The highest BCUT2D eigenvalue weighted by Crippen LogP contribution is 2.52. The average Bonchev–Trinajstić information content (AvgIpc) is 2.71. The molecule has 3 aromatic rings. The predicted octanol–water partition coefficient (Wildman–Crippen LogP) is 7.20. The highest BCUT2D eigenvalue weighted by atomic mass is 32.2. The second-order valence-corrected chi connectivity index (χ2v) is 8.31. The van der Waals surface area contributed by atoms with Crippen molar-refractivity contribution < 1.29 is 13.2 Å². The van der Waals surface area contributed by atoms with Crippen molar-refractivity contribution >= 4 is 40.6 Å². The molecule has 0 N–H and O–H groups in total. The van der Waals surface area contributed by atoms with Crippen molar-refractivity contribution in [3.8, 4) is 0 Å². The van der Waals surface area contributed by atoms with Gasteiger partial charge in [-0.15, -0.1) is 5.11 Å². The first-order chi connectivity index (χ1) is 13.5. The summed E-state index contributed by atoms with van der Waals surface area (Å²) in [5.41, 5.74) is 0.638. The summed E-state index contributed by atoms with van der Waals surface area (Å²) in [7, 11) is 3.79. The number of fused-ring (bicyclic) bond motifs is 2. The molecule has 142 valence electrons. The van der Waals surface area contributed by atoms with Crippen molar-refractivity contribution in [3.05, 3.63) is 66.0 Å². The Morgan fingerprint density at radius 1 is 0.714 bits per heavy atom. The zero-order valence-electron chi connectivity index (χ0n) is 14.9. The van der Waals surface area contributed by atoms with Crippen LogP contribution in [0.1, 0.15) is 0 Å². The number of hydrogen-bond acceptors (Lipinski definition) is 5. The molecule has 0 bridgehead atoms. The largest absolute Gasteiger partial charge is 0.378 e. The third kappa shape index (κ3) is 3.38. The molecule has 0 radical (unpaired) electrons. The first kappa shape index (κ1) is 18.9. The fraction of sp³-hybridized carbons (Fsp3) is 0.100. The van der Waals surface area contributed by atoms with E-state index in [1.54, 1.807) is 36.4 Å². The number of hydrogen-bond donors (Lipinski definition) is 0. The standard InChI is InChI=1S/C20H14F3N3S2/c1-26(2)12-9-7-11(8-10-12)24-25-18-15(21)16(22)19-20(17(18)23)28-14-6-4-3-5-13(14)27-19/h3-10H,1-2H3. The lowest BCUT2D eigenvalue weighted by Gasteiger charge is -2.20. The second-order valence-electron chi connectivity index (χ2n) is 6.21. The summed E-state index contributed by atoms with van der Waals surface area (Å²) in [6.45, 7) is 0. The van der Waals surface area contributed by atoms with Gasteiger partial charge in [0.05, 0.1) is 15.5 Å². The molecule has 1 heterocycles. The van der Waals surface area contributed by atoms with Gasteiger partial charge in [0, 0.05) is 29.6 Å². The Hall–Kier alpha value is -2.45. The molecule has 0 aliphatic carbocycles. The Labute approximate surface area is 168 Å². The Morgan fingerprint density at radius 3 is 1.86 bits per heavy atom. The van der Waals surface area contributed by atoms with E-state index >= 15 is 0 Å². The average molecular weight is 417 g/mol. The van der Waals surface area contributed by atoms with Crippen LogP contribution in [0.2, 0.25) is 0 Å². The maximum absolute atomic E-state index is 15.0. The van der Waals surface area contributed by atoms with Gasteiger partial charge in [0.2, 0.25) is 0 Å². The summed E-state index contributed by atoms with van der Waals surface area (Å²) >= 11 is 2.08. The van der Waals surface area contributed by atoms with Crippen LogP contribution in [0.5, 0.6) is 0 Å². The van der Waals surface area contributed by atoms with E-state index in [1.807, 2.05) is 31.1 Å². The minimum atomic E-state index is -1.34. The minimum Gasteiger partial charge on any atom is -0.378 e. The summed E-state index contributed by atoms with van der Waals surface area (Å²) in [5, 5.41) is 7.55. The van der Waals surface area contributed by atoms with Crippen LogP contribution in [0.4, 0.5) is 30.2 Å². The molecule has 0 saturated carbocycles. The van der Waals surface area contributed by atoms with E-state index in [2.05, 4.69) is 10.2 Å². The van der Waals surface area contributed by atoms with Crippen molar-refractivity contribution in [1.29, 1.82) is 0 Å². The zero-order chi connectivity index (χ0) is 19.8. The molecule has 0 aromatic heterocycles. The molecule has 1 aliphatic rings. The van der Waals surface area contributed by atoms with Gasteiger partial charge in [-0.3, -0.25) is 0 Å². The number of rotatable bonds is 3. The van der Waals surface area contributed by atoms with Crippen LogP contribution in [-0.4, -0.2) is 14.1 Å². The van der Waals surface area contributed by atoms with Gasteiger partial charge < -0.3 is 4.90 Å². The van der Waals surface area contributed by atoms with Crippen LogP contribution in [0.15, 0.2) is 78.3 Å². The van der Waals surface area contributed by atoms with E-state index in [4.69, 9.17) is 0 Å². The van der Waals surface area contributed by atoms with E-state index in [0.717, 1.165) is 39.0 Å². The van der Waals surface area contributed by atoms with Crippen molar-refractivity contribution in [2.24, 2.45) is 10.2 Å². The number of nitrogens with zero attached hydrogens (tertiary/aromatic N) is 3. The zero-order valence-corrected chi connectivity index (χ0v) is 16.5. The second kappa shape index (κ2) is 7.52. The van der Waals surface area contributed by atoms with Crippen LogP contribution < -0.4 is 4.90 Å². The fourth-order valence-corrected chi connectivity index (χ4v) is 4.94. The number of benzene rings is 3. The Morgan fingerprint density at radius 2 is 1.29 bits per heavy atom. The maximum atomic E-state index is 15.0. The summed E-state index contributed by atoms with van der Waals surface area (Å²) in [5.74, 6) is -3.35. The van der Waals surface area contributed by atoms with Crippen molar-refractivity contribution in [3.63, 3.8) is 0 Å². The highest BCUT2D eigenvalue weighted by molar-refractivity contribution is 8.05. The Balaban J connectivity index is 1.72. The summed E-state index contributed by atoms with van der Waals surface area (Å²) < 4.78 is 44.1. The fourth-order valence-electron chi connectivity index (χ4n) is 2.64. The molecule has 8 heteroatoms. The van der Waals surface area contributed by atoms with Gasteiger partial charge in [0.15, 0.2) is 23.1 Å². The monoisotopic (exact) mass is 417 g/mol. The number of halogens is 3. The van der Waals surface area contributed by atoms with Crippen LogP contribution in [0, 0.1) is 17.5 Å². The Bertz CT molecular complexity index is 1080. The van der Waals surface area contributed by atoms with Crippen LogP contribution >= 0.6 is 23.5 Å². The van der Waals surface area contributed by atoms with Crippen LogP contribution in [0.25, 0.3) is 0 Å². The molecule has 0 atom stereocenters. The topological polar surface area (TPSA) is 28.0 Å². The highest BCUT2D eigenvalue weighted by Gasteiger charge is 2.30. The van der Waals surface area contributed by atoms with Gasteiger partial charge in [-0.05, 0) is 36.4 Å². The molecule has 28 heavy (non-hydrogen) atoms. The van der Waals surface area contributed by atoms with Gasteiger partial charge in [0.25, 0.3) is 0 Å². The Kier molecular flexibility index (Phi) is 5.07. The summed E-state index contributed by atoms with van der Waals surface area (Å²) in [6, 6.07) is 14.2. The van der Waals surface area contributed by atoms with Gasteiger partial charge in [-0.25, -0.2) is 13.2 Å². The van der Waals surface area contributed by atoms with Gasteiger partial charge in [-0.2, -0.15) is 5.11 Å². The third-order valence-corrected chi connectivity index (χ3v) is 6.70. The molecule has 1 aliphatic heterocycles. The lowest BCUT2D eigenvalue weighted by Crippen LogP contribution is -2.07. The lowest BCUT2D eigenvalue weighted by molar-refractivity contribution is 0.466. The molecule has 4 rings (SSSR count). The SMILES string of the molecule is CN(C)c1ccc(N=Nc2c(F)c(F)c3c(c2F)Sc2ccccc2S3)cc1. The molecular formula is C20H14F3N3S2. The molecule has 3 nitrogen and oxygen atoms in total. The van der Waals surface area contributed by atoms with E-state index in [-0.39, 0.29) is 9.79 Å². The van der Waals surface area contributed by atoms with Gasteiger partial charge in [-0.1, -0.05) is 35.7 Å². The maximum Gasteiger partial charge on any atom is 0.190 e. The summed E-state index contributed by atoms with van der Waals surface area (Å²) in [6.07, 6.45) is 0. The molecule has 3 aromatic carbocycles. The number of azo groups is 1. The predicted molar refractivity (Wildman–Crippen MR) is 106 cm³/mol. The third-order valence-electron chi connectivity index (χ3n) is 4.12. The van der Waals surface area contributed by atoms with E-state index in [0.29, 0.717) is 5.69 Å². The normalized spacial score (nSPS) is 12.8. The summed E-state index contributed by atoms with van der Waals surface area (Å²) in [4.78, 5) is 3.42. The molecular weight excluding hydrogens is 403 g/mol. The minimum absolute atomic E-state index is 0.0273. The quantitative estimate of drug-likeness (QED) is 0.261. The van der Waals surface area contributed by atoms with Crippen molar-refractivity contribution in [2.45, 2.75) is 19.6 Å². The lowest BCUT2D eigenvalue weighted by atomic mass is 10.2. The first-order valence-corrected chi connectivity index (χ1v) is 9.93. The molecule has 0 unspecified atom stereocenters. The van der Waals surface area contributed by atoms with Crippen molar-refractivity contribution in [1.82, 2.24) is 0 Å². The molecule has 0 fully saturated rings. The van der Waals surface area contributed by atoms with Gasteiger partial charge >= 0.3 is 0 Å².